The summed E-state index contributed by atoms with van der Waals surface area (Å²) in [6.45, 7) is 0.252. The molecule has 0 radical (unpaired) electrons. The zero-order chi connectivity index (χ0) is 22.3. The van der Waals surface area contributed by atoms with Gasteiger partial charge in [-0.1, -0.05) is 36.0 Å². The van der Waals surface area contributed by atoms with Crippen LogP contribution >= 0.6 is 11.8 Å². The first kappa shape index (κ1) is 21.9. The van der Waals surface area contributed by atoms with Crippen molar-refractivity contribution in [3.05, 3.63) is 78.6 Å². The molecule has 32 heavy (non-hydrogen) atoms. The first-order chi connectivity index (χ1) is 15.6. The van der Waals surface area contributed by atoms with E-state index in [-0.39, 0.29) is 29.5 Å². The van der Waals surface area contributed by atoms with Crippen LogP contribution in [0.1, 0.15) is 12.0 Å². The van der Waals surface area contributed by atoms with Gasteiger partial charge in [0.1, 0.15) is 18.1 Å². The Morgan fingerprint density at radius 3 is 2.47 bits per heavy atom. The number of hydrogen-bond acceptors (Lipinski definition) is 6. The number of aromatic nitrogens is 1. The largest absolute Gasteiger partial charge is 0.497 e. The fourth-order valence-corrected chi connectivity index (χ4v) is 4.40. The number of imide groups is 1. The van der Waals surface area contributed by atoms with Gasteiger partial charge in [-0.2, -0.15) is 0 Å². The summed E-state index contributed by atoms with van der Waals surface area (Å²) >= 11 is 1.05. The summed E-state index contributed by atoms with van der Waals surface area (Å²) < 4.78 is 11.3. The number of ether oxygens (including phenoxy) is 2. The lowest BCUT2D eigenvalue weighted by molar-refractivity contribution is -0.126. The Kier molecular flexibility index (Phi) is 7.07. The highest BCUT2D eigenvalue weighted by Gasteiger charge is 2.36. The molecule has 6 nitrogen and oxygen atoms in total. The number of nitrogens with zero attached hydrogens (tertiary/aromatic N) is 2. The lowest BCUT2D eigenvalue weighted by atomic mass is 10.0. The number of methoxy groups -OCH3 is 1. The van der Waals surface area contributed by atoms with Gasteiger partial charge in [0, 0.05) is 12.4 Å². The number of benzene rings is 2. The van der Waals surface area contributed by atoms with Crippen molar-refractivity contribution in [1.82, 2.24) is 9.88 Å². The maximum Gasteiger partial charge on any atom is 0.289 e. The van der Waals surface area contributed by atoms with Crippen LogP contribution in [0.15, 0.2) is 73.1 Å². The molecule has 2 amide bonds. The van der Waals surface area contributed by atoms with Crippen molar-refractivity contribution in [2.24, 2.45) is 0 Å². The maximum atomic E-state index is 12.3. The van der Waals surface area contributed by atoms with Crippen LogP contribution in [0.4, 0.5) is 4.79 Å². The highest BCUT2D eigenvalue weighted by Crippen LogP contribution is 2.27. The van der Waals surface area contributed by atoms with Gasteiger partial charge >= 0.3 is 0 Å². The third-order valence-electron chi connectivity index (χ3n) is 5.37. The van der Waals surface area contributed by atoms with Gasteiger partial charge in [0.15, 0.2) is 0 Å². The number of hydrogen-bond donors (Lipinski definition) is 0. The first-order valence-corrected chi connectivity index (χ1v) is 11.4. The van der Waals surface area contributed by atoms with Crippen molar-refractivity contribution in [3.63, 3.8) is 0 Å². The number of pyridine rings is 1. The van der Waals surface area contributed by atoms with Crippen LogP contribution in [0.2, 0.25) is 0 Å². The van der Waals surface area contributed by atoms with Crippen molar-refractivity contribution in [1.29, 1.82) is 0 Å². The quantitative estimate of drug-likeness (QED) is 0.467. The van der Waals surface area contributed by atoms with Crippen molar-refractivity contribution in [3.8, 4) is 22.6 Å². The molecule has 1 unspecified atom stereocenters. The molecule has 2 heterocycles. The van der Waals surface area contributed by atoms with E-state index in [2.05, 4.69) is 4.98 Å². The second kappa shape index (κ2) is 10.3. The predicted molar refractivity (Wildman–Crippen MR) is 125 cm³/mol. The number of thioether (sulfide) groups is 1. The lowest BCUT2D eigenvalue weighted by Gasteiger charge is -2.25. The van der Waals surface area contributed by atoms with E-state index in [0.717, 1.165) is 40.6 Å². The van der Waals surface area contributed by atoms with Gasteiger partial charge < -0.3 is 9.47 Å². The molecular formula is C25H24N2O4S. The van der Waals surface area contributed by atoms with Crippen LogP contribution in [0.25, 0.3) is 11.1 Å². The SMILES string of the molecule is COc1cccc(-c2ccc(OCC(CCc3ccncc3)N3C(=O)CSC3=O)cc2)c1. The molecule has 2 aromatic carbocycles. The Morgan fingerprint density at radius 2 is 1.78 bits per heavy atom. The summed E-state index contributed by atoms with van der Waals surface area (Å²) in [6.07, 6.45) is 4.84. The Labute approximate surface area is 191 Å². The molecule has 0 bridgehead atoms. The Balaban J connectivity index is 1.43. The van der Waals surface area contributed by atoms with E-state index < -0.39 is 0 Å². The normalized spacial score (nSPS) is 14.5. The molecule has 1 aliphatic rings. The number of rotatable bonds is 9. The maximum absolute atomic E-state index is 12.3. The van der Waals surface area contributed by atoms with Gasteiger partial charge in [0.2, 0.25) is 5.91 Å². The van der Waals surface area contributed by atoms with Crippen molar-refractivity contribution in [2.45, 2.75) is 18.9 Å². The molecule has 1 fully saturated rings. The van der Waals surface area contributed by atoms with Crippen LogP contribution in [0.5, 0.6) is 11.5 Å². The summed E-state index contributed by atoms with van der Waals surface area (Å²) in [6, 6.07) is 19.2. The van der Waals surface area contributed by atoms with Crippen LogP contribution in [-0.4, -0.2) is 46.5 Å². The van der Waals surface area contributed by atoms with E-state index in [1.807, 2.05) is 60.7 Å². The van der Waals surface area contributed by atoms with Gasteiger partial charge in [-0.05, 0) is 65.9 Å². The van der Waals surface area contributed by atoms with Crippen LogP contribution in [0, 0.1) is 0 Å². The molecule has 7 heteroatoms. The third-order valence-corrected chi connectivity index (χ3v) is 6.20. The summed E-state index contributed by atoms with van der Waals surface area (Å²) in [7, 11) is 1.65. The molecule has 0 aliphatic carbocycles. The molecular weight excluding hydrogens is 424 g/mol. The minimum Gasteiger partial charge on any atom is -0.497 e. The zero-order valence-corrected chi connectivity index (χ0v) is 18.6. The van der Waals surface area contributed by atoms with Crippen LogP contribution in [-0.2, 0) is 11.2 Å². The smallest absolute Gasteiger partial charge is 0.289 e. The van der Waals surface area contributed by atoms with Gasteiger partial charge in [0.25, 0.3) is 5.24 Å². The predicted octanol–water partition coefficient (Wildman–Crippen LogP) is 4.83. The Morgan fingerprint density at radius 1 is 1.00 bits per heavy atom. The second-order valence-electron chi connectivity index (χ2n) is 7.43. The lowest BCUT2D eigenvalue weighted by Crippen LogP contribution is -2.43. The van der Waals surface area contributed by atoms with Gasteiger partial charge in [-0.15, -0.1) is 0 Å². The van der Waals surface area contributed by atoms with Gasteiger partial charge in [0.05, 0.1) is 18.9 Å². The van der Waals surface area contributed by atoms with E-state index in [4.69, 9.17) is 9.47 Å². The summed E-state index contributed by atoms with van der Waals surface area (Å²) in [4.78, 5) is 30.0. The Bertz CT molecular complexity index is 1060. The summed E-state index contributed by atoms with van der Waals surface area (Å²) in [5.74, 6) is 1.53. The zero-order valence-electron chi connectivity index (χ0n) is 17.8. The molecule has 1 aromatic heterocycles. The van der Waals surface area contributed by atoms with Crippen molar-refractivity contribution < 1.29 is 19.1 Å². The Hall–Kier alpha value is -3.32. The van der Waals surface area contributed by atoms with E-state index in [0.29, 0.717) is 12.2 Å². The van der Waals surface area contributed by atoms with Gasteiger partial charge in [-0.3, -0.25) is 19.5 Å². The highest BCUT2D eigenvalue weighted by atomic mass is 32.2. The summed E-state index contributed by atoms with van der Waals surface area (Å²) in [5.41, 5.74) is 3.21. The fourth-order valence-electron chi connectivity index (χ4n) is 3.63. The number of amides is 2. The number of carbonyl (C=O) groups is 2. The molecule has 0 spiro atoms. The summed E-state index contributed by atoms with van der Waals surface area (Å²) in [5, 5.41) is -0.202. The fraction of sp³-hybridized carbons (Fsp3) is 0.240. The average molecular weight is 449 g/mol. The molecule has 0 N–H and O–H groups in total. The van der Waals surface area contributed by atoms with Crippen LogP contribution in [0.3, 0.4) is 0 Å². The van der Waals surface area contributed by atoms with Crippen molar-refractivity contribution >= 4 is 22.9 Å². The average Bonchev–Trinajstić information content (AvgIpc) is 3.18. The van der Waals surface area contributed by atoms with Gasteiger partial charge in [-0.25, -0.2) is 0 Å². The topological polar surface area (TPSA) is 68.7 Å². The molecule has 1 aliphatic heterocycles. The second-order valence-corrected chi connectivity index (χ2v) is 8.36. The minimum atomic E-state index is -0.323. The number of aryl methyl sites for hydroxylation is 1. The molecule has 1 atom stereocenters. The van der Waals surface area contributed by atoms with E-state index in [1.54, 1.807) is 19.5 Å². The van der Waals surface area contributed by atoms with Crippen molar-refractivity contribution in [2.75, 3.05) is 19.5 Å². The molecule has 164 valence electrons. The first-order valence-electron chi connectivity index (χ1n) is 10.4. The van der Waals surface area contributed by atoms with E-state index in [1.165, 1.54) is 4.90 Å². The van der Waals surface area contributed by atoms with E-state index in [9.17, 15) is 9.59 Å². The molecule has 3 aromatic rings. The highest BCUT2D eigenvalue weighted by molar-refractivity contribution is 8.14. The third kappa shape index (κ3) is 5.29. The minimum absolute atomic E-state index is 0.156. The van der Waals surface area contributed by atoms with E-state index >= 15 is 0 Å². The molecule has 1 saturated heterocycles. The number of carbonyl (C=O) groups excluding carboxylic acids is 2. The molecule has 4 rings (SSSR count). The monoisotopic (exact) mass is 448 g/mol. The van der Waals surface area contributed by atoms with Crippen LogP contribution < -0.4 is 9.47 Å². The standard InChI is InChI=1S/C25H24N2O4S/c1-30-23-4-2-3-20(15-23)19-6-9-22(10-7-19)31-16-21(27-24(28)17-32-25(27)29)8-5-18-11-13-26-14-12-18/h2-4,6-7,9-15,21H,5,8,16-17H2,1H3. The molecule has 0 saturated carbocycles.